The zero-order valence-electron chi connectivity index (χ0n) is 16.4. The van der Waals surface area contributed by atoms with Crippen LogP contribution in [-0.2, 0) is 13.0 Å². The van der Waals surface area contributed by atoms with E-state index in [1.165, 1.54) is 0 Å². The highest BCUT2D eigenvalue weighted by Crippen LogP contribution is 2.30. The number of nitrogen functional groups attached to an aromatic ring is 1. The highest BCUT2D eigenvalue weighted by Gasteiger charge is 2.17. The number of aryl methyl sites for hydroxylation is 2. The lowest BCUT2D eigenvalue weighted by Gasteiger charge is -2.07. The Labute approximate surface area is 197 Å². The van der Waals surface area contributed by atoms with Gasteiger partial charge >= 0.3 is 0 Å². The maximum Gasteiger partial charge on any atom is 0.140 e. The van der Waals surface area contributed by atoms with Gasteiger partial charge in [0.1, 0.15) is 34.6 Å². The van der Waals surface area contributed by atoms with Crippen molar-refractivity contribution in [1.82, 2.24) is 9.78 Å². The molecular formula is C24H18Br2N4O. The molecule has 31 heavy (non-hydrogen) atoms. The highest BCUT2D eigenvalue weighted by atomic mass is 79.9. The maximum atomic E-state index is 9.67. The lowest BCUT2D eigenvalue weighted by molar-refractivity contribution is 0.483. The van der Waals surface area contributed by atoms with Gasteiger partial charge in [-0.2, -0.15) is 10.4 Å². The number of hydrogen-bond donors (Lipinski definition) is 1. The molecule has 0 bridgehead atoms. The fourth-order valence-corrected chi connectivity index (χ4v) is 4.08. The average Bonchev–Trinajstić information content (AvgIpc) is 3.11. The van der Waals surface area contributed by atoms with Crippen LogP contribution < -0.4 is 10.5 Å². The minimum atomic E-state index is 0.369. The number of aromatic nitrogens is 2. The first-order valence-corrected chi connectivity index (χ1v) is 11.2. The van der Waals surface area contributed by atoms with Gasteiger partial charge in [0.2, 0.25) is 0 Å². The molecule has 0 fully saturated rings. The molecule has 0 atom stereocenters. The topological polar surface area (TPSA) is 76.9 Å². The molecule has 1 aromatic heterocycles. The van der Waals surface area contributed by atoms with Gasteiger partial charge in [-0.15, -0.1) is 0 Å². The molecule has 0 amide bonds. The molecule has 154 valence electrons. The fraction of sp³-hybridized carbons (Fsp3) is 0.0833. The number of para-hydroxylation sites is 1. The molecule has 0 saturated carbocycles. The Morgan fingerprint density at radius 1 is 0.968 bits per heavy atom. The number of nitrogens with two attached hydrogens (primary N) is 1. The molecular weight excluding hydrogens is 520 g/mol. The third-order valence-corrected chi connectivity index (χ3v) is 6.08. The second-order valence-electron chi connectivity index (χ2n) is 6.87. The van der Waals surface area contributed by atoms with Crippen molar-refractivity contribution in [3.63, 3.8) is 0 Å². The molecule has 2 N–H and O–H groups in total. The van der Waals surface area contributed by atoms with E-state index in [-0.39, 0.29) is 0 Å². The van der Waals surface area contributed by atoms with Gasteiger partial charge in [0.25, 0.3) is 0 Å². The van der Waals surface area contributed by atoms with Crippen molar-refractivity contribution >= 4 is 37.7 Å². The third-order valence-electron chi connectivity index (χ3n) is 4.81. The van der Waals surface area contributed by atoms with E-state index in [9.17, 15) is 5.26 Å². The second kappa shape index (κ2) is 9.38. The zero-order valence-corrected chi connectivity index (χ0v) is 19.6. The van der Waals surface area contributed by atoms with Crippen molar-refractivity contribution < 1.29 is 4.74 Å². The van der Waals surface area contributed by atoms with Crippen LogP contribution in [0.5, 0.6) is 11.5 Å². The van der Waals surface area contributed by atoms with Gasteiger partial charge in [0.15, 0.2) is 0 Å². The molecule has 0 radical (unpaired) electrons. The van der Waals surface area contributed by atoms with Gasteiger partial charge in [-0.05, 0) is 66.6 Å². The van der Waals surface area contributed by atoms with Gasteiger partial charge in [-0.25, -0.2) is 4.68 Å². The Morgan fingerprint density at radius 3 is 2.39 bits per heavy atom. The van der Waals surface area contributed by atoms with Crippen LogP contribution in [0.4, 0.5) is 5.82 Å². The van der Waals surface area contributed by atoms with E-state index < -0.39 is 0 Å². The quantitative estimate of drug-likeness (QED) is 0.302. The number of nitrogens with zero attached hydrogens (tertiary/aromatic N) is 3. The molecule has 0 aliphatic heterocycles. The van der Waals surface area contributed by atoms with Crippen LogP contribution in [0.2, 0.25) is 0 Å². The smallest absolute Gasteiger partial charge is 0.140 e. The first kappa shape index (κ1) is 21.2. The van der Waals surface area contributed by atoms with Crippen LogP contribution in [0.1, 0.15) is 11.1 Å². The molecule has 7 heteroatoms. The summed E-state index contributed by atoms with van der Waals surface area (Å²) in [6.45, 7) is 0.560. The molecule has 0 unspecified atom stereocenters. The normalized spacial score (nSPS) is 10.6. The number of nitriles is 1. The van der Waals surface area contributed by atoms with E-state index in [0.29, 0.717) is 29.4 Å². The van der Waals surface area contributed by atoms with E-state index in [2.05, 4.69) is 49.1 Å². The van der Waals surface area contributed by atoms with Gasteiger partial charge in [-0.3, -0.25) is 0 Å². The van der Waals surface area contributed by atoms with Crippen LogP contribution in [0.15, 0.2) is 81.7 Å². The lowest BCUT2D eigenvalue weighted by Crippen LogP contribution is -2.07. The first-order valence-electron chi connectivity index (χ1n) is 9.59. The van der Waals surface area contributed by atoms with Crippen molar-refractivity contribution in [2.45, 2.75) is 13.0 Å². The number of rotatable bonds is 6. The summed E-state index contributed by atoms with van der Waals surface area (Å²) >= 11 is 7.08. The fourth-order valence-electron chi connectivity index (χ4n) is 3.22. The van der Waals surface area contributed by atoms with Crippen LogP contribution in [-0.4, -0.2) is 9.78 Å². The Balaban J connectivity index is 1.56. The second-order valence-corrected chi connectivity index (χ2v) is 8.64. The molecule has 4 rings (SSSR count). The lowest BCUT2D eigenvalue weighted by atomic mass is 10.1. The number of ether oxygens (including phenoxy) is 1. The summed E-state index contributed by atoms with van der Waals surface area (Å²) < 4.78 is 9.56. The maximum absolute atomic E-state index is 9.67. The van der Waals surface area contributed by atoms with Crippen LogP contribution in [0.3, 0.4) is 0 Å². The summed E-state index contributed by atoms with van der Waals surface area (Å²) in [4.78, 5) is 0. The van der Waals surface area contributed by atoms with E-state index >= 15 is 0 Å². The van der Waals surface area contributed by atoms with Gasteiger partial charge in [0, 0.05) is 21.1 Å². The zero-order chi connectivity index (χ0) is 21.8. The van der Waals surface area contributed by atoms with Crippen molar-refractivity contribution in [3.8, 4) is 28.8 Å². The number of halogens is 2. The molecule has 4 aromatic rings. The molecule has 1 heterocycles. The summed E-state index contributed by atoms with van der Waals surface area (Å²) in [6, 6.07) is 25.3. The summed E-state index contributed by atoms with van der Waals surface area (Å²) in [5.41, 5.74) is 9.14. The number of anilines is 1. The summed E-state index contributed by atoms with van der Waals surface area (Å²) in [7, 11) is 0. The van der Waals surface area contributed by atoms with Crippen LogP contribution in [0, 0.1) is 11.3 Å². The minimum absolute atomic E-state index is 0.369. The SMILES string of the molecule is N#Cc1c(-c2ccc(Oc3ccccc3)cc2)nn(CCc2cc(Br)ccc2Br)c1N. The first-order chi connectivity index (χ1) is 15.0. The average molecular weight is 538 g/mol. The molecule has 0 aliphatic carbocycles. The van der Waals surface area contributed by atoms with Gasteiger partial charge in [0.05, 0.1) is 0 Å². The minimum Gasteiger partial charge on any atom is -0.457 e. The Bertz CT molecular complexity index is 1250. The predicted octanol–water partition coefficient (Wildman–Crippen LogP) is 6.56. The monoisotopic (exact) mass is 536 g/mol. The number of hydrogen-bond acceptors (Lipinski definition) is 4. The van der Waals surface area contributed by atoms with E-state index in [1.807, 2.05) is 66.7 Å². The summed E-state index contributed by atoms with van der Waals surface area (Å²) in [5, 5.41) is 14.3. The predicted molar refractivity (Wildman–Crippen MR) is 129 cm³/mol. The third kappa shape index (κ3) is 4.82. The molecule has 5 nitrogen and oxygen atoms in total. The highest BCUT2D eigenvalue weighted by molar-refractivity contribution is 9.11. The van der Waals surface area contributed by atoms with Crippen molar-refractivity contribution in [2.75, 3.05) is 5.73 Å². The van der Waals surface area contributed by atoms with Crippen molar-refractivity contribution in [1.29, 1.82) is 5.26 Å². The van der Waals surface area contributed by atoms with E-state index in [1.54, 1.807) is 4.68 Å². The van der Waals surface area contributed by atoms with Gasteiger partial charge in [-0.1, -0.05) is 50.1 Å². The van der Waals surface area contributed by atoms with Crippen LogP contribution in [0.25, 0.3) is 11.3 Å². The number of benzene rings is 3. The van der Waals surface area contributed by atoms with Crippen molar-refractivity contribution in [3.05, 3.63) is 92.9 Å². The largest absolute Gasteiger partial charge is 0.457 e. The molecule has 0 aliphatic rings. The molecule has 0 saturated heterocycles. The summed E-state index contributed by atoms with van der Waals surface area (Å²) in [5.74, 6) is 1.84. The molecule has 3 aromatic carbocycles. The molecule has 0 spiro atoms. The van der Waals surface area contributed by atoms with Gasteiger partial charge < -0.3 is 10.5 Å². The Hall–Kier alpha value is -3.08. The van der Waals surface area contributed by atoms with E-state index in [4.69, 9.17) is 10.5 Å². The Morgan fingerprint density at radius 2 is 1.68 bits per heavy atom. The summed E-state index contributed by atoms with van der Waals surface area (Å²) in [6.07, 6.45) is 0.722. The van der Waals surface area contributed by atoms with E-state index in [0.717, 1.165) is 32.2 Å². The van der Waals surface area contributed by atoms with Crippen LogP contribution >= 0.6 is 31.9 Å². The van der Waals surface area contributed by atoms with Crippen molar-refractivity contribution in [2.24, 2.45) is 0 Å². The Kier molecular flexibility index (Phi) is 6.40. The standard InChI is InChI=1S/C24H18Br2N4O/c25-18-8-11-22(26)17(14-18)12-13-30-24(28)21(15-27)23(29-30)16-6-9-20(10-7-16)31-19-4-2-1-3-5-19/h1-11,14H,12-13,28H2.